The van der Waals surface area contributed by atoms with Crippen LogP contribution in [0.1, 0.15) is 82.9 Å². The molecule has 8 heteroatoms. The predicted molar refractivity (Wildman–Crippen MR) is 149 cm³/mol. The number of amides is 1. The van der Waals surface area contributed by atoms with Crippen LogP contribution in [0.25, 0.3) is 0 Å². The standard InChI is InChI=1S/C32H29N3O4S/c1-32(31(38)39)27(22-13-9-20(18-33)10-14-22)26(29(36)25-8-5-17-40-25)28(23-15-11-21(19-34)12-16-23)35(32)30(37)24-6-3-2-4-7-24/h5,8-17,24,26-28H,2-4,6-7H2,1H3,(H,38,39). The van der Waals surface area contributed by atoms with Gasteiger partial charge in [-0.25, -0.2) is 4.79 Å². The normalized spacial score (nSPS) is 24.7. The van der Waals surface area contributed by atoms with Gasteiger partial charge in [0.05, 0.1) is 40.1 Å². The van der Waals surface area contributed by atoms with E-state index >= 15 is 0 Å². The Kier molecular flexibility index (Phi) is 7.56. The summed E-state index contributed by atoms with van der Waals surface area (Å²) in [5.74, 6) is -3.80. The minimum Gasteiger partial charge on any atom is -0.479 e. The maximum absolute atomic E-state index is 14.4. The van der Waals surface area contributed by atoms with Crippen molar-refractivity contribution in [1.29, 1.82) is 10.5 Å². The molecule has 0 radical (unpaired) electrons. The van der Waals surface area contributed by atoms with Gasteiger partial charge in [0.1, 0.15) is 5.54 Å². The molecule has 1 saturated heterocycles. The van der Waals surface area contributed by atoms with E-state index in [0.29, 0.717) is 40.0 Å². The van der Waals surface area contributed by atoms with Crippen LogP contribution in [0.4, 0.5) is 0 Å². The number of Topliss-reactive ketones (excluding diaryl/α,β-unsaturated/α-hetero) is 1. The third-order valence-electron chi connectivity index (χ3n) is 8.56. The topological polar surface area (TPSA) is 122 Å². The molecule has 1 saturated carbocycles. The summed E-state index contributed by atoms with van der Waals surface area (Å²) >= 11 is 1.28. The number of carbonyl (C=O) groups excluding carboxylic acids is 2. The number of hydrogen-bond donors (Lipinski definition) is 1. The van der Waals surface area contributed by atoms with Gasteiger partial charge in [-0.15, -0.1) is 11.3 Å². The lowest BCUT2D eigenvalue weighted by Gasteiger charge is -2.40. The first-order valence-corrected chi connectivity index (χ1v) is 14.3. The highest BCUT2D eigenvalue weighted by Crippen LogP contribution is 2.57. The lowest BCUT2D eigenvalue weighted by Crippen LogP contribution is -2.55. The number of hydrogen-bond acceptors (Lipinski definition) is 6. The maximum atomic E-state index is 14.4. The fraction of sp³-hybridized carbons (Fsp3) is 0.344. The smallest absolute Gasteiger partial charge is 0.330 e. The summed E-state index contributed by atoms with van der Waals surface area (Å²) in [5, 5.41) is 31.5. The van der Waals surface area contributed by atoms with Crippen molar-refractivity contribution in [2.24, 2.45) is 11.8 Å². The molecule has 4 atom stereocenters. The molecule has 1 aromatic heterocycles. The summed E-state index contributed by atoms with van der Waals surface area (Å²) in [6.45, 7) is 1.55. The Bertz CT molecular complexity index is 1500. The van der Waals surface area contributed by atoms with Crippen molar-refractivity contribution < 1.29 is 19.5 Å². The number of nitrogens with zero attached hydrogens (tertiary/aromatic N) is 3. The lowest BCUT2D eigenvalue weighted by atomic mass is 9.72. The van der Waals surface area contributed by atoms with Crippen LogP contribution in [0.5, 0.6) is 0 Å². The summed E-state index contributed by atoms with van der Waals surface area (Å²) in [6.07, 6.45) is 4.18. The molecule has 2 heterocycles. The highest BCUT2D eigenvalue weighted by molar-refractivity contribution is 7.12. The third-order valence-corrected chi connectivity index (χ3v) is 9.44. The molecular weight excluding hydrogens is 522 g/mol. The lowest BCUT2D eigenvalue weighted by molar-refractivity contribution is -0.160. The highest BCUT2D eigenvalue weighted by atomic mass is 32.1. The Morgan fingerprint density at radius 2 is 1.48 bits per heavy atom. The van der Waals surface area contributed by atoms with Crippen LogP contribution in [0.15, 0.2) is 66.0 Å². The van der Waals surface area contributed by atoms with E-state index in [9.17, 15) is 30.0 Å². The summed E-state index contributed by atoms with van der Waals surface area (Å²) < 4.78 is 0. The van der Waals surface area contributed by atoms with Crippen LogP contribution in [0.3, 0.4) is 0 Å². The van der Waals surface area contributed by atoms with E-state index in [1.165, 1.54) is 16.2 Å². The molecule has 1 aliphatic heterocycles. The quantitative estimate of drug-likeness (QED) is 0.371. The van der Waals surface area contributed by atoms with Crippen LogP contribution < -0.4 is 0 Å². The van der Waals surface area contributed by atoms with Crippen molar-refractivity contribution in [2.75, 3.05) is 0 Å². The summed E-state index contributed by atoms with van der Waals surface area (Å²) in [5.41, 5.74) is 0.285. The van der Waals surface area contributed by atoms with Gasteiger partial charge in [-0.2, -0.15) is 10.5 Å². The Labute approximate surface area is 237 Å². The monoisotopic (exact) mass is 551 g/mol. The molecule has 1 N–H and O–H groups in total. The summed E-state index contributed by atoms with van der Waals surface area (Å²) in [6, 6.07) is 20.2. The van der Waals surface area contributed by atoms with Gasteiger partial charge in [0.15, 0.2) is 5.78 Å². The molecule has 202 valence electrons. The average molecular weight is 552 g/mol. The molecule has 1 amide bonds. The molecular formula is C32H29N3O4S. The van der Waals surface area contributed by atoms with Crippen molar-refractivity contribution in [1.82, 2.24) is 4.90 Å². The van der Waals surface area contributed by atoms with Crippen LogP contribution in [0.2, 0.25) is 0 Å². The zero-order valence-corrected chi connectivity index (χ0v) is 22.9. The first-order valence-electron chi connectivity index (χ1n) is 13.5. The molecule has 3 aromatic rings. The van der Waals surface area contributed by atoms with Gasteiger partial charge in [0.2, 0.25) is 5.91 Å². The number of rotatable bonds is 6. The van der Waals surface area contributed by atoms with Crippen LogP contribution in [-0.4, -0.2) is 33.2 Å². The summed E-state index contributed by atoms with van der Waals surface area (Å²) in [7, 11) is 0. The van der Waals surface area contributed by atoms with E-state index < -0.39 is 29.4 Å². The molecule has 0 bridgehead atoms. The minimum atomic E-state index is -1.75. The van der Waals surface area contributed by atoms with Gasteiger partial charge in [0.25, 0.3) is 0 Å². The second-order valence-corrected chi connectivity index (χ2v) is 11.7. The fourth-order valence-electron chi connectivity index (χ4n) is 6.57. The maximum Gasteiger partial charge on any atom is 0.330 e. The van der Waals surface area contributed by atoms with E-state index in [1.807, 2.05) is 0 Å². The number of likely N-dealkylation sites (tertiary alicyclic amines) is 1. The van der Waals surface area contributed by atoms with Crippen molar-refractivity contribution in [3.05, 3.63) is 93.2 Å². The van der Waals surface area contributed by atoms with Crippen LogP contribution in [-0.2, 0) is 9.59 Å². The summed E-state index contributed by atoms with van der Waals surface area (Å²) in [4.78, 5) is 44.1. The van der Waals surface area contributed by atoms with E-state index in [-0.39, 0.29) is 17.6 Å². The Hall–Kier alpha value is -4.27. The Balaban J connectivity index is 1.78. The predicted octanol–water partition coefficient (Wildman–Crippen LogP) is 6.08. The van der Waals surface area contributed by atoms with Gasteiger partial charge in [-0.3, -0.25) is 9.59 Å². The van der Waals surface area contributed by atoms with Gasteiger partial charge < -0.3 is 10.0 Å². The van der Waals surface area contributed by atoms with Crippen LogP contribution in [0, 0.1) is 34.5 Å². The average Bonchev–Trinajstić information content (AvgIpc) is 3.63. The van der Waals surface area contributed by atoms with Crippen molar-refractivity contribution in [3.8, 4) is 12.1 Å². The largest absolute Gasteiger partial charge is 0.479 e. The number of aliphatic carboxylic acids is 1. The SMILES string of the molecule is CC1(C(=O)O)C(c2ccc(C#N)cc2)C(C(=O)c2cccs2)C(c2ccc(C#N)cc2)N1C(=O)C1CCCCC1. The molecule has 2 aliphatic rings. The van der Waals surface area contributed by atoms with Gasteiger partial charge in [-0.05, 0) is 66.6 Å². The minimum absolute atomic E-state index is 0.231. The van der Waals surface area contributed by atoms with E-state index in [2.05, 4.69) is 12.1 Å². The van der Waals surface area contributed by atoms with Gasteiger partial charge >= 0.3 is 5.97 Å². The molecule has 0 spiro atoms. The number of carboxylic acid groups (broad SMARTS) is 1. The van der Waals surface area contributed by atoms with Crippen molar-refractivity contribution in [2.45, 2.75) is 56.5 Å². The molecule has 40 heavy (non-hydrogen) atoms. The number of benzene rings is 2. The Morgan fingerprint density at radius 1 is 0.900 bits per heavy atom. The van der Waals surface area contributed by atoms with Crippen molar-refractivity contribution in [3.63, 3.8) is 0 Å². The zero-order chi connectivity index (χ0) is 28.4. The molecule has 2 aromatic carbocycles. The van der Waals surface area contributed by atoms with Gasteiger partial charge in [0, 0.05) is 11.8 Å². The second kappa shape index (κ2) is 11.1. The fourth-order valence-corrected chi connectivity index (χ4v) is 7.28. The molecule has 1 aliphatic carbocycles. The third kappa shape index (κ3) is 4.59. The second-order valence-electron chi connectivity index (χ2n) is 10.8. The number of ketones is 1. The zero-order valence-electron chi connectivity index (χ0n) is 22.1. The first kappa shape index (κ1) is 27.3. The number of nitriles is 2. The molecule has 4 unspecified atom stereocenters. The number of carboxylic acids is 1. The van der Waals surface area contributed by atoms with E-state index in [0.717, 1.165) is 19.3 Å². The van der Waals surface area contributed by atoms with Crippen LogP contribution >= 0.6 is 11.3 Å². The van der Waals surface area contributed by atoms with Crippen molar-refractivity contribution >= 4 is 29.0 Å². The molecule has 7 nitrogen and oxygen atoms in total. The number of thiophene rings is 1. The molecule has 5 rings (SSSR count). The van der Waals surface area contributed by atoms with Gasteiger partial charge in [-0.1, -0.05) is 49.6 Å². The number of carbonyl (C=O) groups is 3. The molecule has 2 fully saturated rings. The first-order chi connectivity index (χ1) is 19.3. The van der Waals surface area contributed by atoms with E-state index in [4.69, 9.17) is 0 Å². The van der Waals surface area contributed by atoms with E-state index in [1.54, 1.807) is 73.0 Å². The Morgan fingerprint density at radius 3 is 1.98 bits per heavy atom. The highest BCUT2D eigenvalue weighted by Gasteiger charge is 2.65.